The summed E-state index contributed by atoms with van der Waals surface area (Å²) in [7, 11) is 1.58. The molecule has 0 aliphatic carbocycles. The Kier molecular flexibility index (Phi) is 9.18. The van der Waals surface area contributed by atoms with E-state index in [1.807, 2.05) is 19.1 Å². The van der Waals surface area contributed by atoms with Gasteiger partial charge in [0, 0.05) is 35.4 Å². The molecule has 0 saturated carbocycles. The number of aliphatic hydroxyl groups is 1. The molecule has 1 aromatic carbocycles. The van der Waals surface area contributed by atoms with Gasteiger partial charge in [-0.15, -0.1) is 24.9 Å². The summed E-state index contributed by atoms with van der Waals surface area (Å²) in [5, 5.41) is 10.0. The molecule has 39 heavy (non-hydrogen) atoms. The molecule has 3 fully saturated rings. The van der Waals surface area contributed by atoms with E-state index in [1.165, 1.54) is 0 Å². The predicted octanol–water partition coefficient (Wildman–Crippen LogP) is 3.48. The lowest BCUT2D eigenvalue weighted by atomic mass is 9.70. The van der Waals surface area contributed by atoms with Crippen LogP contribution in [0, 0.1) is 11.8 Å². The SMILES string of the molecule is C=CCN(CCC)C(=O)[C@H]1[C@@H]2SC3(CC2Br)C(C(=O)N(CC=C)c2ccc(OC)cc2)N([C@H](C)CO)C(=O)[C@H]13. The smallest absolute Gasteiger partial charge is 0.251 e. The van der Waals surface area contributed by atoms with E-state index >= 15 is 0 Å². The van der Waals surface area contributed by atoms with Gasteiger partial charge in [0.05, 0.1) is 36.3 Å². The highest BCUT2D eigenvalue weighted by Gasteiger charge is 2.76. The van der Waals surface area contributed by atoms with E-state index in [-0.39, 0.29) is 41.0 Å². The number of anilines is 1. The molecule has 0 aromatic heterocycles. The maximum absolute atomic E-state index is 14.5. The molecule has 1 N–H and O–H groups in total. The van der Waals surface area contributed by atoms with E-state index in [1.54, 1.807) is 64.8 Å². The van der Waals surface area contributed by atoms with Crippen LogP contribution < -0.4 is 9.64 Å². The van der Waals surface area contributed by atoms with Crippen molar-refractivity contribution in [2.24, 2.45) is 11.8 Å². The first-order chi connectivity index (χ1) is 18.7. The maximum atomic E-state index is 14.5. The van der Waals surface area contributed by atoms with Gasteiger partial charge in [-0.25, -0.2) is 0 Å². The third-order valence-corrected chi connectivity index (χ3v) is 11.3. The Balaban J connectivity index is 1.80. The van der Waals surface area contributed by atoms with E-state index in [2.05, 4.69) is 29.1 Å². The molecule has 3 aliphatic rings. The molecule has 10 heteroatoms. The molecular formula is C29H38BrN3O5S. The number of methoxy groups -OCH3 is 1. The number of hydrogen-bond donors (Lipinski definition) is 1. The minimum absolute atomic E-state index is 0.0266. The Morgan fingerprint density at radius 1 is 1.26 bits per heavy atom. The zero-order valence-corrected chi connectivity index (χ0v) is 25.2. The minimum Gasteiger partial charge on any atom is -0.497 e. The molecule has 1 aromatic rings. The number of amides is 3. The average Bonchev–Trinajstić information content (AvgIpc) is 3.53. The summed E-state index contributed by atoms with van der Waals surface area (Å²) in [5.41, 5.74) is 0.658. The van der Waals surface area contributed by atoms with Crippen molar-refractivity contribution in [3.8, 4) is 5.75 Å². The van der Waals surface area contributed by atoms with Crippen LogP contribution in [0.5, 0.6) is 5.75 Å². The fourth-order valence-corrected chi connectivity index (χ4v) is 10.1. The molecule has 8 nitrogen and oxygen atoms in total. The van der Waals surface area contributed by atoms with Gasteiger partial charge in [0.2, 0.25) is 11.8 Å². The lowest BCUT2D eigenvalue weighted by Gasteiger charge is -2.39. The van der Waals surface area contributed by atoms with Crippen LogP contribution >= 0.6 is 27.7 Å². The summed E-state index contributed by atoms with van der Waals surface area (Å²) in [4.78, 5) is 47.7. The number of ether oxygens (including phenoxy) is 1. The first-order valence-electron chi connectivity index (χ1n) is 13.4. The van der Waals surface area contributed by atoms with E-state index in [4.69, 9.17) is 4.74 Å². The van der Waals surface area contributed by atoms with Gasteiger partial charge in [-0.1, -0.05) is 35.0 Å². The number of halogens is 1. The van der Waals surface area contributed by atoms with Gasteiger partial charge in [-0.2, -0.15) is 0 Å². The number of rotatable bonds is 12. The number of aliphatic hydroxyl groups excluding tert-OH is 1. The van der Waals surface area contributed by atoms with Gasteiger partial charge >= 0.3 is 0 Å². The summed E-state index contributed by atoms with van der Waals surface area (Å²) in [6.45, 7) is 12.4. The summed E-state index contributed by atoms with van der Waals surface area (Å²) in [5.74, 6) is -1.09. The summed E-state index contributed by atoms with van der Waals surface area (Å²) in [6.07, 6.45) is 4.73. The largest absolute Gasteiger partial charge is 0.497 e. The van der Waals surface area contributed by atoms with Gasteiger partial charge in [-0.05, 0) is 44.0 Å². The first-order valence-corrected chi connectivity index (χ1v) is 15.2. The van der Waals surface area contributed by atoms with Crippen LogP contribution in [0.3, 0.4) is 0 Å². The average molecular weight is 621 g/mol. The Morgan fingerprint density at radius 2 is 1.92 bits per heavy atom. The third kappa shape index (κ3) is 4.93. The van der Waals surface area contributed by atoms with E-state index in [0.717, 1.165) is 6.42 Å². The molecule has 3 saturated heterocycles. The number of likely N-dealkylation sites (tertiary alicyclic amines) is 1. The van der Waals surface area contributed by atoms with Gasteiger partial charge in [0.1, 0.15) is 11.8 Å². The number of nitrogens with zero attached hydrogens (tertiary/aromatic N) is 3. The van der Waals surface area contributed by atoms with Gasteiger partial charge in [0.25, 0.3) is 5.91 Å². The number of fused-ring (bicyclic) bond motifs is 1. The van der Waals surface area contributed by atoms with Crippen LogP contribution in [-0.2, 0) is 14.4 Å². The molecule has 7 atom stereocenters. The molecule has 4 rings (SSSR count). The Morgan fingerprint density at radius 3 is 2.49 bits per heavy atom. The second-order valence-corrected chi connectivity index (χ2v) is 13.2. The molecule has 3 aliphatic heterocycles. The summed E-state index contributed by atoms with van der Waals surface area (Å²) in [6, 6.07) is 5.76. The van der Waals surface area contributed by atoms with Crippen LogP contribution in [0.1, 0.15) is 26.7 Å². The molecule has 3 amide bonds. The lowest BCUT2D eigenvalue weighted by molar-refractivity contribution is -0.145. The normalized spacial score (nSPS) is 29.6. The molecule has 2 bridgehead atoms. The number of benzene rings is 1. The molecule has 3 heterocycles. The number of thioether (sulfide) groups is 1. The van der Waals surface area contributed by atoms with Crippen molar-refractivity contribution >= 4 is 51.1 Å². The molecule has 1 spiro atoms. The van der Waals surface area contributed by atoms with Crippen molar-refractivity contribution in [1.29, 1.82) is 0 Å². The number of hydrogen-bond acceptors (Lipinski definition) is 6. The highest BCUT2D eigenvalue weighted by Crippen LogP contribution is 2.68. The standard InChI is InChI=1S/C29H38BrN3O5S/c1-6-13-31(14-7-2)26(35)22-23-27(36)33(18(4)17-34)25(29(23)16-21(30)24(22)39-29)28(37)32(15-8-3)19-9-11-20(38-5)12-10-19/h6,8-12,18,21-25,34H,1,3,7,13-17H2,2,4-5H3/t18-,21?,22-,23+,24-,25?,29?/m1/s1. The van der Waals surface area contributed by atoms with E-state index in [9.17, 15) is 19.5 Å². The van der Waals surface area contributed by atoms with Crippen molar-refractivity contribution in [2.75, 3.05) is 38.3 Å². The Bertz CT molecular complexity index is 1120. The molecule has 3 unspecified atom stereocenters. The minimum atomic E-state index is -0.842. The zero-order valence-electron chi connectivity index (χ0n) is 22.8. The van der Waals surface area contributed by atoms with E-state index < -0.39 is 28.7 Å². The van der Waals surface area contributed by atoms with E-state index in [0.29, 0.717) is 30.9 Å². The van der Waals surface area contributed by atoms with Crippen LogP contribution in [0.15, 0.2) is 49.6 Å². The van der Waals surface area contributed by atoms with Gasteiger partial charge in [0.15, 0.2) is 0 Å². The third-order valence-electron chi connectivity index (χ3n) is 8.10. The first kappa shape index (κ1) is 29.7. The highest BCUT2D eigenvalue weighted by molar-refractivity contribution is 9.09. The van der Waals surface area contributed by atoms with Crippen molar-refractivity contribution in [1.82, 2.24) is 9.80 Å². The zero-order chi connectivity index (χ0) is 28.5. The quantitative estimate of drug-likeness (QED) is 0.285. The summed E-state index contributed by atoms with van der Waals surface area (Å²) < 4.78 is 4.49. The Labute approximate surface area is 243 Å². The lowest BCUT2D eigenvalue weighted by Crippen LogP contribution is -2.57. The monoisotopic (exact) mass is 619 g/mol. The Hall–Kier alpha value is -2.30. The van der Waals surface area contributed by atoms with Crippen LogP contribution in [0.2, 0.25) is 0 Å². The number of carbonyl (C=O) groups excluding carboxylic acids is 3. The van der Waals surface area contributed by atoms with Crippen LogP contribution in [0.25, 0.3) is 0 Å². The van der Waals surface area contributed by atoms with Crippen molar-refractivity contribution in [3.05, 3.63) is 49.6 Å². The topological polar surface area (TPSA) is 90.4 Å². The summed E-state index contributed by atoms with van der Waals surface area (Å²) >= 11 is 5.41. The number of alkyl halides is 1. The highest BCUT2D eigenvalue weighted by atomic mass is 79.9. The fourth-order valence-electron chi connectivity index (χ4n) is 6.48. The van der Waals surface area contributed by atoms with Crippen molar-refractivity contribution in [3.63, 3.8) is 0 Å². The molecule has 0 radical (unpaired) electrons. The second-order valence-electron chi connectivity index (χ2n) is 10.4. The number of carbonyl (C=O) groups is 3. The van der Waals surface area contributed by atoms with Crippen LogP contribution in [0.4, 0.5) is 5.69 Å². The van der Waals surface area contributed by atoms with Gasteiger partial charge in [-0.3, -0.25) is 14.4 Å². The fraction of sp³-hybridized carbons (Fsp3) is 0.552. The second kappa shape index (κ2) is 12.1. The van der Waals surface area contributed by atoms with Crippen LogP contribution in [-0.4, -0.2) is 92.9 Å². The van der Waals surface area contributed by atoms with Crippen molar-refractivity contribution in [2.45, 2.75) is 53.6 Å². The molecular weight excluding hydrogens is 582 g/mol. The van der Waals surface area contributed by atoms with Gasteiger partial charge < -0.3 is 24.5 Å². The maximum Gasteiger partial charge on any atom is 0.251 e. The molecule has 212 valence electrons. The van der Waals surface area contributed by atoms with Crippen molar-refractivity contribution < 1.29 is 24.2 Å². The predicted molar refractivity (Wildman–Crippen MR) is 158 cm³/mol.